The number of methoxy groups -OCH3 is 2. The molecule has 1 aliphatic heterocycles. The topological polar surface area (TPSA) is 18.5 Å². The van der Waals surface area contributed by atoms with Crippen molar-refractivity contribution in [3.05, 3.63) is 95.6 Å². The van der Waals surface area contributed by atoms with Gasteiger partial charge in [-0.3, -0.25) is 0 Å². The Kier molecular flexibility index (Phi) is 6.70. The van der Waals surface area contributed by atoms with Crippen LogP contribution in [-0.4, -0.2) is 61.2 Å². The van der Waals surface area contributed by atoms with E-state index in [1.807, 2.05) is 0 Å². The Balaban J connectivity index is 1.76. The van der Waals surface area contributed by atoms with Gasteiger partial charge in [-0.15, -0.1) is 0 Å². The molecular formula is C25H26O2Se3. The number of hydrogen-bond donors (Lipinski definition) is 0. The standard InChI is InChI=1S/C25H26O2Se3/c1-26-22-12-8-20(9-13-22)24(28)16-19(18-6-4-3-5-7-18)17-25(29,30-24)21-10-14-23(27-2)15-11-21/h3-15,19,28-29H,16-17H2,1-2H3. The van der Waals surface area contributed by atoms with E-state index in [1.54, 1.807) is 14.2 Å². The monoisotopic (exact) mass is 598 g/mol. The van der Waals surface area contributed by atoms with Crippen molar-refractivity contribution in [3.63, 3.8) is 0 Å². The first-order valence-electron chi connectivity index (χ1n) is 9.95. The van der Waals surface area contributed by atoms with Crippen molar-refractivity contribution >= 4 is 47.0 Å². The summed E-state index contributed by atoms with van der Waals surface area (Å²) in [5.41, 5.74) is 4.20. The Morgan fingerprint density at radius 1 is 0.700 bits per heavy atom. The fourth-order valence-corrected chi connectivity index (χ4v) is 14.3. The molecule has 0 spiro atoms. The van der Waals surface area contributed by atoms with Crippen LogP contribution in [0.5, 0.6) is 11.5 Å². The van der Waals surface area contributed by atoms with Crippen molar-refractivity contribution < 1.29 is 9.47 Å². The Labute approximate surface area is 201 Å². The number of ether oxygens (including phenoxy) is 2. The fraction of sp³-hybridized carbons (Fsp3) is 0.280. The van der Waals surface area contributed by atoms with Gasteiger partial charge in [-0.25, -0.2) is 0 Å². The summed E-state index contributed by atoms with van der Waals surface area (Å²) >= 11 is 6.43. The van der Waals surface area contributed by atoms with Gasteiger partial charge in [-0.2, -0.15) is 0 Å². The van der Waals surface area contributed by atoms with E-state index in [4.69, 9.17) is 9.47 Å². The van der Waals surface area contributed by atoms with E-state index in [0.717, 1.165) is 24.3 Å². The second-order valence-corrected chi connectivity index (χ2v) is 17.2. The molecule has 4 rings (SSSR count). The summed E-state index contributed by atoms with van der Waals surface area (Å²) in [6.07, 6.45) is 2.28. The zero-order valence-electron chi connectivity index (χ0n) is 17.1. The minimum absolute atomic E-state index is 0.0674. The van der Waals surface area contributed by atoms with Crippen LogP contribution in [0.3, 0.4) is 0 Å². The summed E-state index contributed by atoms with van der Waals surface area (Å²) in [6.45, 7) is 0. The van der Waals surface area contributed by atoms with Crippen LogP contribution in [0.25, 0.3) is 0 Å². The molecule has 0 bridgehead atoms. The van der Waals surface area contributed by atoms with Crippen molar-refractivity contribution in [3.8, 4) is 11.5 Å². The predicted octanol–water partition coefficient (Wildman–Crippen LogP) is 3.79. The van der Waals surface area contributed by atoms with Crippen LogP contribution in [0, 0.1) is 0 Å². The van der Waals surface area contributed by atoms with Crippen LogP contribution in [-0.2, 0) is 6.42 Å². The SMILES string of the molecule is COc1ccc(C2([SeH])CC(c3ccccc3)CC([SeH])(c3ccc(OC)cc3)[Se]2)cc1. The molecular weight excluding hydrogens is 569 g/mol. The van der Waals surface area contributed by atoms with Crippen LogP contribution in [0.15, 0.2) is 78.9 Å². The molecule has 0 saturated carbocycles. The second kappa shape index (κ2) is 9.13. The van der Waals surface area contributed by atoms with Gasteiger partial charge in [0.2, 0.25) is 0 Å². The molecule has 0 radical (unpaired) electrons. The predicted molar refractivity (Wildman–Crippen MR) is 128 cm³/mol. The molecule has 2 unspecified atom stereocenters. The Hall–Kier alpha value is -1.18. The molecule has 0 N–H and O–H groups in total. The van der Waals surface area contributed by atoms with Gasteiger partial charge >= 0.3 is 203 Å². The number of hydrogen-bond acceptors (Lipinski definition) is 2. The third-order valence-corrected chi connectivity index (χ3v) is 12.7. The third kappa shape index (κ3) is 4.53. The molecule has 0 aliphatic carbocycles. The molecule has 1 fully saturated rings. The zero-order chi connectivity index (χ0) is 21.2. The van der Waals surface area contributed by atoms with Crippen LogP contribution in [0.1, 0.15) is 35.4 Å². The molecule has 30 heavy (non-hydrogen) atoms. The fourth-order valence-electron chi connectivity index (χ4n) is 4.12. The molecule has 3 aromatic rings. The van der Waals surface area contributed by atoms with E-state index in [2.05, 4.69) is 111 Å². The molecule has 1 heterocycles. The summed E-state index contributed by atoms with van der Waals surface area (Å²) in [5, 5.41) is 0. The molecule has 0 aromatic heterocycles. The van der Waals surface area contributed by atoms with Gasteiger partial charge in [-0.05, 0) is 0 Å². The summed E-state index contributed by atoms with van der Waals surface area (Å²) < 4.78 is 10.9. The van der Waals surface area contributed by atoms with E-state index in [-0.39, 0.29) is 6.42 Å². The van der Waals surface area contributed by atoms with Gasteiger partial charge in [0.15, 0.2) is 0 Å². The molecule has 1 aliphatic rings. The molecule has 5 heteroatoms. The first kappa shape index (κ1) is 22.0. The van der Waals surface area contributed by atoms with Gasteiger partial charge in [0.05, 0.1) is 0 Å². The van der Waals surface area contributed by atoms with Crippen molar-refractivity contribution in [1.29, 1.82) is 0 Å². The van der Waals surface area contributed by atoms with E-state index in [0.29, 0.717) is 20.9 Å². The van der Waals surface area contributed by atoms with Crippen LogP contribution < -0.4 is 9.47 Å². The van der Waals surface area contributed by atoms with Gasteiger partial charge in [0.25, 0.3) is 0 Å². The normalized spacial score (nSPS) is 26.2. The quantitative estimate of drug-likeness (QED) is 0.419. The second-order valence-electron chi connectivity index (χ2n) is 7.64. The van der Waals surface area contributed by atoms with Gasteiger partial charge in [0.1, 0.15) is 0 Å². The van der Waals surface area contributed by atoms with Gasteiger partial charge in [-0.1, -0.05) is 0 Å². The molecule has 156 valence electrons. The average Bonchev–Trinajstić information content (AvgIpc) is 2.79. The summed E-state index contributed by atoms with van der Waals surface area (Å²) in [7, 11) is 3.45. The Bertz CT molecular complexity index is 914. The number of benzene rings is 3. The van der Waals surface area contributed by atoms with Crippen LogP contribution in [0.2, 0.25) is 0 Å². The van der Waals surface area contributed by atoms with Crippen LogP contribution in [0.4, 0.5) is 0 Å². The Morgan fingerprint density at radius 2 is 1.13 bits per heavy atom. The molecule has 3 aromatic carbocycles. The van der Waals surface area contributed by atoms with Crippen molar-refractivity contribution in [2.45, 2.75) is 25.2 Å². The number of rotatable bonds is 5. The molecule has 0 amide bonds. The van der Waals surface area contributed by atoms with Crippen molar-refractivity contribution in [1.82, 2.24) is 0 Å². The van der Waals surface area contributed by atoms with Crippen LogP contribution >= 0.6 is 0 Å². The molecule has 2 nitrogen and oxygen atoms in total. The van der Waals surface area contributed by atoms with Crippen molar-refractivity contribution in [2.75, 3.05) is 14.2 Å². The van der Waals surface area contributed by atoms with E-state index >= 15 is 0 Å². The summed E-state index contributed by atoms with van der Waals surface area (Å²) in [6, 6.07) is 28.3. The van der Waals surface area contributed by atoms with Gasteiger partial charge in [0, 0.05) is 0 Å². The Morgan fingerprint density at radius 3 is 1.53 bits per heavy atom. The van der Waals surface area contributed by atoms with E-state index < -0.39 is 0 Å². The maximum absolute atomic E-state index is 5.40. The summed E-state index contributed by atoms with van der Waals surface area (Å²) in [4.78, 5) is 0. The maximum atomic E-state index is 5.40. The summed E-state index contributed by atoms with van der Waals surface area (Å²) in [5.74, 6) is 2.32. The zero-order valence-corrected chi connectivity index (χ0v) is 22.6. The molecule has 1 saturated heterocycles. The molecule has 2 atom stereocenters. The third-order valence-electron chi connectivity index (χ3n) is 5.74. The first-order chi connectivity index (χ1) is 14.5. The van der Waals surface area contributed by atoms with Gasteiger partial charge < -0.3 is 0 Å². The average molecular weight is 595 g/mol. The van der Waals surface area contributed by atoms with E-state index in [9.17, 15) is 0 Å². The first-order valence-corrected chi connectivity index (χ1v) is 13.5. The van der Waals surface area contributed by atoms with Crippen molar-refractivity contribution in [2.24, 2.45) is 0 Å². The van der Waals surface area contributed by atoms with E-state index in [1.165, 1.54) is 16.7 Å². The minimum atomic E-state index is 0.0674.